The van der Waals surface area contributed by atoms with Crippen LogP contribution < -0.4 is 0 Å². The number of benzene rings is 1. The fourth-order valence-electron chi connectivity index (χ4n) is 2.00. The molecule has 1 aromatic heterocycles. The van der Waals surface area contributed by atoms with Crippen LogP contribution >= 0.6 is 0 Å². The third-order valence-corrected chi connectivity index (χ3v) is 3.15. The molecule has 0 aliphatic carbocycles. The van der Waals surface area contributed by atoms with E-state index in [9.17, 15) is 9.90 Å². The first kappa shape index (κ1) is 12.3. The van der Waals surface area contributed by atoms with Crippen molar-refractivity contribution >= 4 is 5.97 Å². The lowest BCUT2D eigenvalue weighted by Crippen LogP contribution is -2.07. The fourth-order valence-corrected chi connectivity index (χ4v) is 2.00. The van der Waals surface area contributed by atoms with E-state index >= 15 is 0 Å². The van der Waals surface area contributed by atoms with E-state index in [1.165, 1.54) is 0 Å². The Morgan fingerprint density at radius 1 is 1.17 bits per heavy atom. The zero-order chi connectivity index (χ0) is 13.4. The monoisotopic (exact) mass is 245 g/mol. The minimum atomic E-state index is -0.938. The topological polar surface area (TPSA) is 68.0 Å². The third-order valence-electron chi connectivity index (χ3n) is 3.15. The van der Waals surface area contributed by atoms with Crippen molar-refractivity contribution < 1.29 is 9.90 Å². The van der Waals surface area contributed by atoms with Crippen molar-refractivity contribution in [1.82, 2.24) is 14.8 Å². The summed E-state index contributed by atoms with van der Waals surface area (Å²) in [5, 5.41) is 17.4. The molecule has 0 unspecified atom stereocenters. The Hall–Kier alpha value is -2.17. The highest BCUT2D eigenvalue weighted by Gasteiger charge is 2.20. The number of aromatic carboxylic acids is 1. The zero-order valence-electron chi connectivity index (χ0n) is 10.9. The van der Waals surface area contributed by atoms with Crippen LogP contribution in [0, 0.1) is 20.8 Å². The number of aromatic nitrogens is 3. The number of aryl methyl sites for hydroxylation is 3. The summed E-state index contributed by atoms with van der Waals surface area (Å²) in [6, 6.07) is 3.71. The normalized spacial score (nSPS) is 10.7. The van der Waals surface area contributed by atoms with Gasteiger partial charge in [0, 0.05) is 12.6 Å². The molecule has 0 saturated heterocycles. The number of hydrogen-bond acceptors (Lipinski definition) is 3. The van der Waals surface area contributed by atoms with Gasteiger partial charge in [-0.1, -0.05) is 12.1 Å². The van der Waals surface area contributed by atoms with Crippen LogP contribution in [0.5, 0.6) is 0 Å². The molecule has 0 spiro atoms. The average molecular weight is 245 g/mol. The maximum atomic E-state index is 11.4. The summed E-state index contributed by atoms with van der Waals surface area (Å²) in [6.07, 6.45) is 0. The largest absolute Gasteiger partial charge is 0.478 e. The molecule has 0 radical (unpaired) electrons. The molecule has 0 amide bonds. The zero-order valence-corrected chi connectivity index (χ0v) is 10.9. The number of carboxylic acids is 1. The summed E-state index contributed by atoms with van der Waals surface area (Å²) in [6.45, 7) is 5.50. The molecule has 0 atom stereocenters. The van der Waals surface area contributed by atoms with Gasteiger partial charge in [-0.2, -0.15) is 0 Å². The highest BCUT2D eigenvalue weighted by molar-refractivity contribution is 5.97. The minimum absolute atomic E-state index is 0.297. The van der Waals surface area contributed by atoms with Crippen LogP contribution in [0.4, 0.5) is 0 Å². The van der Waals surface area contributed by atoms with Gasteiger partial charge in [-0.3, -0.25) is 0 Å². The van der Waals surface area contributed by atoms with Gasteiger partial charge in [-0.25, -0.2) is 4.79 Å². The van der Waals surface area contributed by atoms with Crippen molar-refractivity contribution in [2.45, 2.75) is 20.8 Å². The molecule has 0 aliphatic rings. The summed E-state index contributed by atoms with van der Waals surface area (Å²) in [5.74, 6) is 0.403. The Morgan fingerprint density at radius 3 is 2.28 bits per heavy atom. The van der Waals surface area contributed by atoms with Crippen LogP contribution in [-0.4, -0.2) is 25.8 Å². The number of rotatable bonds is 2. The summed E-state index contributed by atoms with van der Waals surface area (Å²) < 4.78 is 1.80. The number of nitrogens with zero attached hydrogens (tertiary/aromatic N) is 3. The van der Waals surface area contributed by atoms with E-state index in [1.807, 2.05) is 33.0 Å². The first-order valence-corrected chi connectivity index (χ1v) is 5.63. The Bertz CT molecular complexity index is 629. The highest BCUT2D eigenvalue weighted by atomic mass is 16.4. The van der Waals surface area contributed by atoms with E-state index in [-0.39, 0.29) is 0 Å². The molecule has 1 N–H and O–H groups in total. The molecular weight excluding hydrogens is 230 g/mol. The van der Waals surface area contributed by atoms with Crippen molar-refractivity contribution in [1.29, 1.82) is 0 Å². The summed E-state index contributed by atoms with van der Waals surface area (Å²) in [7, 11) is 1.83. The second-order valence-electron chi connectivity index (χ2n) is 4.38. The van der Waals surface area contributed by atoms with Gasteiger partial charge in [0.15, 0.2) is 5.82 Å². The molecule has 5 nitrogen and oxygen atoms in total. The lowest BCUT2D eigenvalue weighted by Gasteiger charge is -2.11. The van der Waals surface area contributed by atoms with Crippen molar-refractivity contribution in [2.24, 2.45) is 7.05 Å². The second kappa shape index (κ2) is 4.25. The van der Waals surface area contributed by atoms with Crippen LogP contribution in [0.3, 0.4) is 0 Å². The number of carbonyl (C=O) groups is 1. The van der Waals surface area contributed by atoms with Crippen molar-refractivity contribution in [3.8, 4) is 11.4 Å². The van der Waals surface area contributed by atoms with E-state index < -0.39 is 5.97 Å². The van der Waals surface area contributed by atoms with Crippen molar-refractivity contribution in [3.63, 3.8) is 0 Å². The quantitative estimate of drug-likeness (QED) is 0.879. The maximum absolute atomic E-state index is 11.4. The molecule has 0 fully saturated rings. The predicted molar refractivity (Wildman–Crippen MR) is 67.6 cm³/mol. The van der Waals surface area contributed by atoms with Gasteiger partial charge in [-0.05, 0) is 31.9 Å². The molecule has 0 aliphatic heterocycles. The highest BCUT2D eigenvalue weighted by Crippen LogP contribution is 2.28. The summed E-state index contributed by atoms with van der Waals surface area (Å²) >= 11 is 0. The van der Waals surface area contributed by atoms with E-state index in [2.05, 4.69) is 10.2 Å². The van der Waals surface area contributed by atoms with E-state index in [1.54, 1.807) is 11.5 Å². The Labute approximate surface area is 105 Å². The van der Waals surface area contributed by atoms with Gasteiger partial charge in [0.25, 0.3) is 0 Å². The fraction of sp³-hybridized carbons (Fsp3) is 0.308. The van der Waals surface area contributed by atoms with E-state index in [4.69, 9.17) is 0 Å². The summed E-state index contributed by atoms with van der Waals surface area (Å²) in [5.41, 5.74) is 2.55. The molecule has 1 aromatic carbocycles. The van der Waals surface area contributed by atoms with Crippen LogP contribution in [0.25, 0.3) is 11.4 Å². The molecule has 0 bridgehead atoms. The standard InChI is InChI=1S/C13H15N3O2/c1-7-5-6-8(2)11(13(17)18)10(7)12-15-14-9(3)16(12)4/h5-6H,1-4H3,(H,17,18). The van der Waals surface area contributed by atoms with Gasteiger partial charge in [0.2, 0.25) is 0 Å². The molecular formula is C13H15N3O2. The van der Waals surface area contributed by atoms with Crippen LogP contribution in [0.1, 0.15) is 27.3 Å². The van der Waals surface area contributed by atoms with Gasteiger partial charge < -0.3 is 9.67 Å². The molecule has 18 heavy (non-hydrogen) atoms. The molecule has 2 rings (SSSR count). The van der Waals surface area contributed by atoms with Crippen molar-refractivity contribution in [3.05, 3.63) is 34.6 Å². The average Bonchev–Trinajstić information content (AvgIpc) is 2.62. The Kier molecular flexibility index (Phi) is 2.90. The number of hydrogen-bond donors (Lipinski definition) is 1. The molecule has 2 aromatic rings. The first-order valence-electron chi connectivity index (χ1n) is 5.63. The minimum Gasteiger partial charge on any atom is -0.478 e. The van der Waals surface area contributed by atoms with Gasteiger partial charge in [0.1, 0.15) is 5.82 Å². The molecule has 5 heteroatoms. The van der Waals surface area contributed by atoms with E-state index in [0.29, 0.717) is 17.0 Å². The molecule has 1 heterocycles. The predicted octanol–water partition coefficient (Wildman–Crippen LogP) is 2.11. The third kappa shape index (κ3) is 1.77. The maximum Gasteiger partial charge on any atom is 0.336 e. The second-order valence-corrected chi connectivity index (χ2v) is 4.38. The first-order chi connectivity index (χ1) is 8.43. The summed E-state index contributed by atoms with van der Waals surface area (Å²) in [4.78, 5) is 11.4. The van der Waals surface area contributed by atoms with Crippen LogP contribution in [0.15, 0.2) is 12.1 Å². The van der Waals surface area contributed by atoms with Crippen LogP contribution in [-0.2, 0) is 7.05 Å². The Morgan fingerprint density at radius 2 is 1.78 bits per heavy atom. The van der Waals surface area contributed by atoms with Gasteiger partial charge in [0.05, 0.1) is 5.56 Å². The van der Waals surface area contributed by atoms with Crippen molar-refractivity contribution in [2.75, 3.05) is 0 Å². The van der Waals surface area contributed by atoms with Gasteiger partial charge in [-0.15, -0.1) is 10.2 Å². The SMILES string of the molecule is Cc1ccc(C)c(-c2nnc(C)n2C)c1C(=O)O. The smallest absolute Gasteiger partial charge is 0.336 e. The van der Waals surface area contributed by atoms with E-state index in [0.717, 1.165) is 17.0 Å². The molecule has 0 saturated carbocycles. The Balaban J connectivity index is 2.82. The van der Waals surface area contributed by atoms with Crippen LogP contribution in [0.2, 0.25) is 0 Å². The number of carboxylic acid groups (broad SMARTS) is 1. The van der Waals surface area contributed by atoms with Gasteiger partial charge >= 0.3 is 5.97 Å². The molecule has 94 valence electrons. The lowest BCUT2D eigenvalue weighted by molar-refractivity contribution is 0.0697. The lowest BCUT2D eigenvalue weighted by atomic mass is 9.96.